The van der Waals surface area contributed by atoms with Crippen molar-refractivity contribution in [2.24, 2.45) is 0 Å². The van der Waals surface area contributed by atoms with Crippen LogP contribution in [0.1, 0.15) is 48.0 Å². The van der Waals surface area contributed by atoms with Gasteiger partial charge in [0.05, 0.1) is 16.3 Å². The summed E-state index contributed by atoms with van der Waals surface area (Å²) in [6.45, 7) is 5.08. The average Bonchev–Trinajstić information content (AvgIpc) is 3.22. The van der Waals surface area contributed by atoms with Crippen molar-refractivity contribution in [3.05, 3.63) is 47.0 Å². The molecule has 1 atom stereocenters. The number of aryl methyl sites for hydroxylation is 1. The molecular weight excluding hydrogens is 330 g/mol. The highest BCUT2D eigenvalue weighted by Crippen LogP contribution is 2.32. The number of hydrogen-bond donors (Lipinski definition) is 0. The minimum absolute atomic E-state index is 0.187. The highest BCUT2D eigenvalue weighted by atomic mass is 32.1. The van der Waals surface area contributed by atoms with Crippen LogP contribution in [0, 0.1) is 6.92 Å². The van der Waals surface area contributed by atoms with Gasteiger partial charge >= 0.3 is 0 Å². The molecule has 1 aliphatic heterocycles. The third-order valence-electron chi connectivity index (χ3n) is 5.12. The van der Waals surface area contributed by atoms with Crippen LogP contribution in [0.25, 0.3) is 15.9 Å². The highest BCUT2D eigenvalue weighted by molar-refractivity contribution is 7.20. The lowest BCUT2D eigenvalue weighted by molar-refractivity contribution is 0.0613. The molecular formula is C20H23N3OS. The molecule has 2 aromatic heterocycles. The number of hydrogen-bond acceptors (Lipinski definition) is 3. The van der Waals surface area contributed by atoms with E-state index in [1.165, 1.54) is 6.42 Å². The number of carbonyl (C=O) groups excluding carboxylic acids is 1. The van der Waals surface area contributed by atoms with Crippen LogP contribution in [0.3, 0.4) is 0 Å². The minimum Gasteiger partial charge on any atom is -0.335 e. The maximum Gasteiger partial charge on any atom is 0.264 e. The second-order valence-corrected chi connectivity index (χ2v) is 7.75. The number of nitrogens with zero attached hydrogens (tertiary/aromatic N) is 3. The van der Waals surface area contributed by atoms with Gasteiger partial charge in [0.2, 0.25) is 0 Å². The number of aromatic nitrogens is 2. The lowest BCUT2D eigenvalue weighted by Gasteiger charge is -2.35. The molecule has 0 aliphatic carbocycles. The Labute approximate surface area is 152 Å². The van der Waals surface area contributed by atoms with Gasteiger partial charge in [0.1, 0.15) is 4.83 Å². The summed E-state index contributed by atoms with van der Waals surface area (Å²) >= 11 is 1.56. The molecule has 1 fully saturated rings. The van der Waals surface area contributed by atoms with Gasteiger partial charge in [-0.25, -0.2) is 4.68 Å². The number of benzene rings is 1. The number of piperidine rings is 1. The topological polar surface area (TPSA) is 38.1 Å². The number of likely N-dealkylation sites (tertiary alicyclic amines) is 1. The maximum atomic E-state index is 13.1. The van der Waals surface area contributed by atoms with Crippen LogP contribution in [-0.2, 0) is 0 Å². The highest BCUT2D eigenvalue weighted by Gasteiger charge is 2.28. The molecule has 130 valence electrons. The lowest BCUT2D eigenvalue weighted by atomic mass is 10.00. The molecule has 1 saturated heterocycles. The zero-order chi connectivity index (χ0) is 17.4. The first-order valence-electron chi connectivity index (χ1n) is 9.04. The van der Waals surface area contributed by atoms with Gasteiger partial charge in [-0.05, 0) is 50.8 Å². The van der Waals surface area contributed by atoms with Crippen LogP contribution in [0.5, 0.6) is 0 Å². The van der Waals surface area contributed by atoms with Gasteiger partial charge in [-0.2, -0.15) is 5.10 Å². The molecule has 0 spiro atoms. The fourth-order valence-electron chi connectivity index (χ4n) is 3.73. The summed E-state index contributed by atoms with van der Waals surface area (Å²) in [6.07, 6.45) is 4.51. The summed E-state index contributed by atoms with van der Waals surface area (Å²) in [5.74, 6) is 0.187. The molecule has 1 aliphatic rings. The summed E-state index contributed by atoms with van der Waals surface area (Å²) in [5.41, 5.74) is 2.01. The first-order chi connectivity index (χ1) is 12.2. The molecule has 4 nitrogen and oxygen atoms in total. The number of thiophene rings is 1. The third kappa shape index (κ3) is 2.86. The molecule has 0 saturated carbocycles. The number of para-hydroxylation sites is 1. The van der Waals surface area contributed by atoms with Crippen molar-refractivity contribution in [2.45, 2.75) is 45.6 Å². The van der Waals surface area contributed by atoms with Crippen molar-refractivity contribution in [1.29, 1.82) is 0 Å². The monoisotopic (exact) mass is 353 g/mol. The van der Waals surface area contributed by atoms with Crippen molar-refractivity contribution in [3.8, 4) is 5.69 Å². The first kappa shape index (κ1) is 16.3. The van der Waals surface area contributed by atoms with Crippen molar-refractivity contribution < 1.29 is 4.79 Å². The quantitative estimate of drug-likeness (QED) is 0.678. The lowest BCUT2D eigenvalue weighted by Crippen LogP contribution is -2.43. The summed E-state index contributed by atoms with van der Waals surface area (Å²) < 4.78 is 1.96. The number of rotatable bonds is 3. The largest absolute Gasteiger partial charge is 0.335 e. The molecule has 4 rings (SSSR count). The Bertz CT molecular complexity index is 896. The number of fused-ring (bicyclic) bond motifs is 1. The Morgan fingerprint density at radius 3 is 2.84 bits per heavy atom. The molecule has 1 aromatic carbocycles. The molecule has 0 bridgehead atoms. The van der Waals surface area contributed by atoms with E-state index in [0.717, 1.165) is 52.3 Å². The van der Waals surface area contributed by atoms with Crippen molar-refractivity contribution in [3.63, 3.8) is 0 Å². The fraction of sp³-hybridized carbons (Fsp3) is 0.400. The van der Waals surface area contributed by atoms with E-state index in [-0.39, 0.29) is 5.91 Å². The standard InChI is InChI=1S/C20H23N3OS/c1-3-15-9-7-8-12-22(15)19(24)18-13-17-14(2)21-23(20(17)25-18)16-10-5-4-6-11-16/h4-6,10-11,13,15H,3,7-9,12H2,1-2H3/t15-/m0/s1. The summed E-state index contributed by atoms with van der Waals surface area (Å²) in [7, 11) is 0. The van der Waals surface area contributed by atoms with Gasteiger partial charge in [-0.1, -0.05) is 25.1 Å². The van der Waals surface area contributed by atoms with E-state index in [2.05, 4.69) is 16.9 Å². The van der Waals surface area contributed by atoms with E-state index in [4.69, 9.17) is 0 Å². The average molecular weight is 353 g/mol. The zero-order valence-electron chi connectivity index (χ0n) is 14.7. The third-order valence-corrected chi connectivity index (χ3v) is 6.21. The Hall–Kier alpha value is -2.14. The Balaban J connectivity index is 1.73. The summed E-state index contributed by atoms with van der Waals surface area (Å²) in [6, 6.07) is 12.5. The Kier molecular flexibility index (Phi) is 4.34. The van der Waals surface area contributed by atoms with E-state index in [1.54, 1.807) is 11.3 Å². The van der Waals surface area contributed by atoms with Crippen LogP contribution in [-0.4, -0.2) is 33.2 Å². The molecule has 1 amide bonds. The summed E-state index contributed by atoms with van der Waals surface area (Å²) in [5, 5.41) is 5.75. The van der Waals surface area contributed by atoms with Crippen molar-refractivity contribution >= 4 is 27.5 Å². The molecule has 25 heavy (non-hydrogen) atoms. The van der Waals surface area contributed by atoms with Gasteiger partial charge < -0.3 is 4.90 Å². The molecule has 0 N–H and O–H groups in total. The van der Waals surface area contributed by atoms with Crippen LogP contribution in [0.15, 0.2) is 36.4 Å². The number of amides is 1. The van der Waals surface area contributed by atoms with Crippen LogP contribution >= 0.6 is 11.3 Å². The smallest absolute Gasteiger partial charge is 0.264 e. The zero-order valence-corrected chi connectivity index (χ0v) is 15.6. The van der Waals surface area contributed by atoms with Crippen LogP contribution < -0.4 is 0 Å². The predicted molar refractivity (Wildman–Crippen MR) is 103 cm³/mol. The van der Waals surface area contributed by atoms with Gasteiger partial charge in [-0.15, -0.1) is 11.3 Å². The number of carbonyl (C=O) groups is 1. The van der Waals surface area contributed by atoms with Gasteiger partial charge in [0, 0.05) is 18.0 Å². The van der Waals surface area contributed by atoms with Crippen LogP contribution in [0.4, 0.5) is 0 Å². The minimum atomic E-state index is 0.187. The molecule has 3 aromatic rings. The van der Waals surface area contributed by atoms with E-state index in [9.17, 15) is 4.79 Å². The van der Waals surface area contributed by atoms with Crippen LogP contribution in [0.2, 0.25) is 0 Å². The first-order valence-corrected chi connectivity index (χ1v) is 9.86. The van der Waals surface area contributed by atoms with E-state index in [1.807, 2.05) is 48.0 Å². The maximum absolute atomic E-state index is 13.1. The van der Waals surface area contributed by atoms with E-state index < -0.39 is 0 Å². The van der Waals surface area contributed by atoms with Crippen molar-refractivity contribution in [1.82, 2.24) is 14.7 Å². The fourth-order valence-corrected chi connectivity index (χ4v) is 4.87. The summed E-state index contributed by atoms with van der Waals surface area (Å²) in [4.78, 5) is 17.1. The van der Waals surface area contributed by atoms with Gasteiger partial charge in [0.25, 0.3) is 5.91 Å². The Morgan fingerprint density at radius 2 is 2.08 bits per heavy atom. The normalized spacial score (nSPS) is 18.0. The SMILES string of the molecule is CC[C@H]1CCCCN1C(=O)c1cc2c(C)nn(-c3ccccc3)c2s1. The molecule has 0 unspecified atom stereocenters. The molecule has 0 radical (unpaired) electrons. The predicted octanol–water partition coefficient (Wildman–Crippen LogP) is 4.80. The van der Waals surface area contributed by atoms with Gasteiger partial charge in [0.15, 0.2) is 0 Å². The molecule has 3 heterocycles. The van der Waals surface area contributed by atoms with E-state index >= 15 is 0 Å². The van der Waals surface area contributed by atoms with Crippen molar-refractivity contribution in [2.75, 3.05) is 6.54 Å². The second kappa shape index (κ2) is 6.64. The van der Waals surface area contributed by atoms with E-state index in [0.29, 0.717) is 6.04 Å². The second-order valence-electron chi connectivity index (χ2n) is 6.72. The van der Waals surface area contributed by atoms with Gasteiger partial charge in [-0.3, -0.25) is 4.79 Å². The molecule has 5 heteroatoms. The Morgan fingerprint density at radius 1 is 1.28 bits per heavy atom.